The van der Waals surface area contributed by atoms with Crippen molar-refractivity contribution in [3.8, 4) is 22.6 Å². The number of nitrogens with zero attached hydrogens (tertiary/aromatic N) is 3. The Morgan fingerprint density at radius 3 is 2.35 bits per heavy atom. The molecule has 1 heterocycles. The number of halogens is 1. The number of methoxy groups -OCH3 is 1. The highest BCUT2D eigenvalue weighted by Gasteiger charge is 2.17. The number of hydrogen-bond acceptors (Lipinski definition) is 6. The number of hydrogen-bond donors (Lipinski definition) is 1. The molecule has 0 aliphatic carbocycles. The van der Waals surface area contributed by atoms with E-state index in [2.05, 4.69) is 20.2 Å². The standard InChI is InChI=1S/C26H25ClN4O3/c1-31(2)14-15-34-18-6-4-17(5-7-18)30-26(32)21-10-9-20(24-25(21)29-13-12-28-24)22-16-19(33-3)8-11-23(22)27/h4-13,16H,14-15H2,1-3H3,(H,30,32). The number of carbonyl (C=O) groups excluding carboxylic acids is 1. The van der Waals surface area contributed by atoms with Gasteiger partial charge in [-0.2, -0.15) is 0 Å². The highest BCUT2D eigenvalue weighted by Crippen LogP contribution is 2.35. The molecule has 3 aromatic carbocycles. The number of aromatic nitrogens is 2. The van der Waals surface area contributed by atoms with Crippen LogP contribution in [0.1, 0.15) is 10.4 Å². The SMILES string of the molecule is COc1ccc(Cl)c(-c2ccc(C(=O)Nc3ccc(OCCN(C)C)cc3)c3nccnc23)c1. The van der Waals surface area contributed by atoms with Gasteiger partial charge in [0, 0.05) is 40.8 Å². The van der Waals surface area contributed by atoms with Crippen molar-refractivity contribution in [1.29, 1.82) is 0 Å². The fourth-order valence-corrected chi connectivity index (χ4v) is 3.69. The minimum Gasteiger partial charge on any atom is -0.497 e. The molecule has 0 bridgehead atoms. The van der Waals surface area contributed by atoms with Crippen molar-refractivity contribution in [3.05, 3.63) is 77.6 Å². The topological polar surface area (TPSA) is 76.6 Å². The highest BCUT2D eigenvalue weighted by molar-refractivity contribution is 6.33. The summed E-state index contributed by atoms with van der Waals surface area (Å²) in [5.74, 6) is 1.14. The molecule has 0 radical (unpaired) electrons. The number of nitrogens with one attached hydrogen (secondary N) is 1. The van der Waals surface area contributed by atoms with E-state index in [1.54, 1.807) is 49.8 Å². The molecule has 34 heavy (non-hydrogen) atoms. The predicted octanol–water partition coefficient (Wildman–Crippen LogP) is 5.15. The molecule has 4 aromatic rings. The molecule has 8 heteroatoms. The number of rotatable bonds is 8. The number of likely N-dealkylation sites (N-methyl/N-ethyl adjacent to an activating group) is 1. The van der Waals surface area contributed by atoms with Gasteiger partial charge in [-0.15, -0.1) is 0 Å². The number of ether oxygens (including phenoxy) is 2. The van der Waals surface area contributed by atoms with E-state index in [0.717, 1.165) is 23.4 Å². The molecule has 174 valence electrons. The predicted molar refractivity (Wildman–Crippen MR) is 135 cm³/mol. The molecule has 0 saturated carbocycles. The van der Waals surface area contributed by atoms with Crippen LogP contribution in [-0.4, -0.2) is 55.1 Å². The van der Waals surface area contributed by atoms with Crippen molar-refractivity contribution < 1.29 is 14.3 Å². The van der Waals surface area contributed by atoms with E-state index in [1.807, 2.05) is 38.4 Å². The van der Waals surface area contributed by atoms with Gasteiger partial charge in [-0.3, -0.25) is 14.8 Å². The molecule has 0 unspecified atom stereocenters. The van der Waals surface area contributed by atoms with Gasteiger partial charge >= 0.3 is 0 Å². The molecule has 4 rings (SSSR count). The number of carbonyl (C=O) groups is 1. The summed E-state index contributed by atoms with van der Waals surface area (Å²) in [6.45, 7) is 1.41. The molecule has 0 aliphatic heterocycles. The number of fused-ring (bicyclic) bond motifs is 1. The van der Waals surface area contributed by atoms with Gasteiger partial charge in [0.05, 0.1) is 18.2 Å². The Bertz CT molecular complexity index is 1310. The Kier molecular flexibility index (Phi) is 7.25. The maximum atomic E-state index is 13.1. The lowest BCUT2D eigenvalue weighted by molar-refractivity contribution is 0.102. The molecule has 0 fully saturated rings. The summed E-state index contributed by atoms with van der Waals surface area (Å²) in [6, 6.07) is 16.2. The van der Waals surface area contributed by atoms with Gasteiger partial charge in [-0.05, 0) is 62.6 Å². The zero-order valence-corrected chi connectivity index (χ0v) is 20.0. The van der Waals surface area contributed by atoms with Gasteiger partial charge in [0.1, 0.15) is 23.6 Å². The molecule has 7 nitrogen and oxygen atoms in total. The van der Waals surface area contributed by atoms with E-state index >= 15 is 0 Å². The lowest BCUT2D eigenvalue weighted by atomic mass is 10.00. The van der Waals surface area contributed by atoms with Crippen LogP contribution < -0.4 is 14.8 Å². The summed E-state index contributed by atoms with van der Waals surface area (Å²) in [5.41, 5.74) is 3.65. The Morgan fingerprint density at radius 2 is 1.65 bits per heavy atom. The molecule has 1 amide bonds. The van der Waals surface area contributed by atoms with Crippen molar-refractivity contribution >= 4 is 34.2 Å². The van der Waals surface area contributed by atoms with E-state index in [1.165, 1.54) is 0 Å². The second kappa shape index (κ2) is 10.5. The van der Waals surface area contributed by atoms with Gasteiger partial charge in [0.25, 0.3) is 5.91 Å². The van der Waals surface area contributed by atoms with Crippen molar-refractivity contribution in [1.82, 2.24) is 14.9 Å². The monoisotopic (exact) mass is 476 g/mol. The fraction of sp³-hybridized carbons (Fsp3) is 0.192. The average Bonchev–Trinajstić information content (AvgIpc) is 2.84. The van der Waals surface area contributed by atoms with Gasteiger partial charge in [-0.1, -0.05) is 17.7 Å². The minimum atomic E-state index is -0.282. The normalized spacial score (nSPS) is 11.0. The van der Waals surface area contributed by atoms with Crippen LogP contribution in [0, 0.1) is 0 Å². The van der Waals surface area contributed by atoms with E-state index < -0.39 is 0 Å². The van der Waals surface area contributed by atoms with Gasteiger partial charge in [0.2, 0.25) is 0 Å². The molecule has 0 spiro atoms. The first kappa shape index (κ1) is 23.5. The van der Waals surface area contributed by atoms with Crippen LogP contribution in [0.15, 0.2) is 67.0 Å². The number of benzene rings is 3. The van der Waals surface area contributed by atoms with Crippen LogP contribution in [0.25, 0.3) is 22.2 Å². The van der Waals surface area contributed by atoms with E-state index in [4.69, 9.17) is 21.1 Å². The lowest BCUT2D eigenvalue weighted by Gasteiger charge is -2.13. The van der Waals surface area contributed by atoms with Crippen LogP contribution in [0.4, 0.5) is 5.69 Å². The average molecular weight is 477 g/mol. The summed E-state index contributed by atoms with van der Waals surface area (Å²) in [7, 11) is 5.59. The fourth-order valence-electron chi connectivity index (χ4n) is 3.47. The third-order valence-electron chi connectivity index (χ3n) is 5.25. The zero-order chi connectivity index (χ0) is 24.1. The summed E-state index contributed by atoms with van der Waals surface area (Å²) in [6.07, 6.45) is 3.16. The minimum absolute atomic E-state index is 0.282. The Labute approximate surface area is 203 Å². The molecule has 1 aromatic heterocycles. The molecule has 0 atom stereocenters. The van der Waals surface area contributed by atoms with Crippen LogP contribution in [0.2, 0.25) is 5.02 Å². The van der Waals surface area contributed by atoms with E-state index in [9.17, 15) is 4.79 Å². The molecule has 0 saturated heterocycles. The third-order valence-corrected chi connectivity index (χ3v) is 5.58. The zero-order valence-electron chi connectivity index (χ0n) is 19.2. The van der Waals surface area contributed by atoms with Crippen molar-refractivity contribution in [2.24, 2.45) is 0 Å². The molecule has 0 aliphatic rings. The number of amides is 1. The smallest absolute Gasteiger partial charge is 0.257 e. The van der Waals surface area contributed by atoms with Crippen molar-refractivity contribution in [2.45, 2.75) is 0 Å². The first-order valence-electron chi connectivity index (χ1n) is 10.7. The Balaban J connectivity index is 1.60. The van der Waals surface area contributed by atoms with Gasteiger partial charge < -0.3 is 19.7 Å². The third kappa shape index (κ3) is 5.27. The summed E-state index contributed by atoms with van der Waals surface area (Å²) in [5, 5.41) is 3.48. The summed E-state index contributed by atoms with van der Waals surface area (Å²) >= 11 is 6.46. The molecule has 1 N–H and O–H groups in total. The van der Waals surface area contributed by atoms with Gasteiger partial charge in [0.15, 0.2) is 0 Å². The maximum Gasteiger partial charge on any atom is 0.257 e. The maximum absolute atomic E-state index is 13.1. The van der Waals surface area contributed by atoms with Crippen LogP contribution in [-0.2, 0) is 0 Å². The second-order valence-corrected chi connectivity index (χ2v) is 8.30. The Hall–Kier alpha value is -3.68. The first-order chi connectivity index (χ1) is 16.5. The van der Waals surface area contributed by atoms with E-state index in [-0.39, 0.29) is 5.91 Å². The number of anilines is 1. The Morgan fingerprint density at radius 1 is 0.941 bits per heavy atom. The second-order valence-electron chi connectivity index (χ2n) is 7.89. The first-order valence-corrected chi connectivity index (χ1v) is 11.1. The molecular weight excluding hydrogens is 452 g/mol. The quantitative estimate of drug-likeness (QED) is 0.379. The van der Waals surface area contributed by atoms with Crippen molar-refractivity contribution in [3.63, 3.8) is 0 Å². The van der Waals surface area contributed by atoms with E-state index in [0.29, 0.717) is 39.7 Å². The summed E-state index contributed by atoms with van der Waals surface area (Å²) < 4.78 is 11.1. The summed E-state index contributed by atoms with van der Waals surface area (Å²) in [4.78, 5) is 24.1. The van der Waals surface area contributed by atoms with Crippen LogP contribution in [0.5, 0.6) is 11.5 Å². The van der Waals surface area contributed by atoms with Crippen LogP contribution in [0.3, 0.4) is 0 Å². The molecular formula is C26H25ClN4O3. The lowest BCUT2D eigenvalue weighted by Crippen LogP contribution is -2.19. The van der Waals surface area contributed by atoms with Crippen LogP contribution >= 0.6 is 11.6 Å². The van der Waals surface area contributed by atoms with Crippen molar-refractivity contribution in [2.75, 3.05) is 39.7 Å². The van der Waals surface area contributed by atoms with Gasteiger partial charge in [-0.25, -0.2) is 0 Å². The highest BCUT2D eigenvalue weighted by atomic mass is 35.5. The largest absolute Gasteiger partial charge is 0.497 e.